The van der Waals surface area contributed by atoms with E-state index in [1.165, 1.54) is 6.20 Å². The van der Waals surface area contributed by atoms with Crippen LogP contribution in [0.2, 0.25) is 0 Å². The highest BCUT2D eigenvalue weighted by Crippen LogP contribution is 2.25. The Bertz CT molecular complexity index is 689. The van der Waals surface area contributed by atoms with E-state index in [-0.39, 0.29) is 17.7 Å². The molecule has 1 aliphatic heterocycles. The van der Waals surface area contributed by atoms with Gasteiger partial charge in [0.1, 0.15) is 11.3 Å². The summed E-state index contributed by atoms with van der Waals surface area (Å²) in [6.45, 7) is 0. The predicted molar refractivity (Wildman–Crippen MR) is 65.7 cm³/mol. The van der Waals surface area contributed by atoms with E-state index in [1.54, 1.807) is 22.7 Å². The number of pyridine rings is 1. The van der Waals surface area contributed by atoms with Crippen LogP contribution in [0.4, 0.5) is 0 Å². The minimum atomic E-state index is -0.357. The second-order valence-corrected chi connectivity index (χ2v) is 4.50. The topological polar surface area (TPSA) is 80.5 Å². The first-order valence-corrected chi connectivity index (χ1v) is 5.95. The summed E-state index contributed by atoms with van der Waals surface area (Å²) in [5.41, 5.74) is 1.86. The smallest absolute Gasteiger partial charge is 0.234 e. The molecular weight excluding hydrogens is 246 g/mol. The third kappa shape index (κ3) is 1.91. The Morgan fingerprint density at radius 1 is 1.37 bits per heavy atom. The Labute approximate surface area is 108 Å². The molecule has 1 N–H and O–H groups in total. The first kappa shape index (κ1) is 11.6. The highest BCUT2D eigenvalue weighted by Gasteiger charge is 2.28. The maximum absolute atomic E-state index is 11.8. The van der Waals surface area contributed by atoms with E-state index in [2.05, 4.69) is 10.3 Å². The number of hydrogen-bond donors (Lipinski definition) is 1. The van der Waals surface area contributed by atoms with Gasteiger partial charge in [-0.2, -0.15) is 0 Å². The van der Waals surface area contributed by atoms with Crippen LogP contribution < -0.4 is 5.32 Å². The molecule has 3 rings (SSSR count). The zero-order valence-corrected chi connectivity index (χ0v) is 10.00. The van der Waals surface area contributed by atoms with Gasteiger partial charge in [-0.15, -0.1) is 0 Å². The van der Waals surface area contributed by atoms with Crippen molar-refractivity contribution in [3.8, 4) is 0 Å². The molecule has 2 aromatic rings. The van der Waals surface area contributed by atoms with Gasteiger partial charge in [-0.3, -0.25) is 24.1 Å². The molecule has 1 aliphatic rings. The zero-order chi connectivity index (χ0) is 13.4. The van der Waals surface area contributed by atoms with Crippen molar-refractivity contribution in [3.63, 3.8) is 0 Å². The van der Waals surface area contributed by atoms with Crippen molar-refractivity contribution >= 4 is 23.7 Å². The van der Waals surface area contributed by atoms with Crippen LogP contribution in [0.15, 0.2) is 24.5 Å². The van der Waals surface area contributed by atoms with Gasteiger partial charge in [0.05, 0.1) is 12.1 Å². The molecule has 6 nitrogen and oxygen atoms in total. The Morgan fingerprint density at radius 2 is 2.21 bits per heavy atom. The van der Waals surface area contributed by atoms with Crippen molar-refractivity contribution < 1.29 is 14.4 Å². The van der Waals surface area contributed by atoms with E-state index in [0.29, 0.717) is 30.5 Å². The fourth-order valence-electron chi connectivity index (χ4n) is 2.32. The second kappa shape index (κ2) is 4.31. The molecule has 1 unspecified atom stereocenters. The van der Waals surface area contributed by atoms with Gasteiger partial charge in [-0.1, -0.05) is 6.07 Å². The SMILES string of the molecule is O=Cc1cnc2ccc(C3CCC(=O)NC3=O)cn12. The number of amides is 2. The summed E-state index contributed by atoms with van der Waals surface area (Å²) in [4.78, 5) is 37.9. The molecule has 0 bridgehead atoms. The Hall–Kier alpha value is -2.50. The Morgan fingerprint density at radius 3 is 2.95 bits per heavy atom. The van der Waals surface area contributed by atoms with Crippen LogP contribution in [0.25, 0.3) is 5.65 Å². The average Bonchev–Trinajstić information content (AvgIpc) is 2.80. The Kier molecular flexibility index (Phi) is 2.63. The van der Waals surface area contributed by atoms with Gasteiger partial charge in [0.15, 0.2) is 6.29 Å². The van der Waals surface area contributed by atoms with Crippen molar-refractivity contribution in [2.75, 3.05) is 0 Å². The average molecular weight is 257 g/mol. The fraction of sp³-hybridized carbons (Fsp3) is 0.231. The van der Waals surface area contributed by atoms with E-state index in [9.17, 15) is 14.4 Å². The van der Waals surface area contributed by atoms with Gasteiger partial charge in [-0.25, -0.2) is 4.98 Å². The van der Waals surface area contributed by atoms with Crippen LogP contribution in [0, 0.1) is 0 Å². The molecule has 6 heteroatoms. The molecule has 1 atom stereocenters. The van der Waals surface area contributed by atoms with Crippen molar-refractivity contribution in [2.24, 2.45) is 0 Å². The monoisotopic (exact) mass is 257 g/mol. The standard InChI is InChI=1S/C13H11N3O3/c17-7-9-5-14-11-3-1-8(6-16(9)11)10-2-4-12(18)15-13(10)19/h1,3,5-7,10H,2,4H2,(H,15,18,19). The largest absolute Gasteiger partial charge is 0.297 e. The van der Waals surface area contributed by atoms with E-state index in [1.807, 2.05) is 0 Å². The minimum absolute atomic E-state index is 0.237. The van der Waals surface area contributed by atoms with Crippen molar-refractivity contribution in [2.45, 2.75) is 18.8 Å². The number of rotatable bonds is 2. The number of aldehydes is 1. The quantitative estimate of drug-likeness (QED) is 0.633. The molecule has 96 valence electrons. The summed E-state index contributed by atoms with van der Waals surface area (Å²) in [5.74, 6) is -0.883. The highest BCUT2D eigenvalue weighted by molar-refractivity contribution is 6.00. The molecule has 0 saturated carbocycles. The van der Waals surface area contributed by atoms with E-state index in [4.69, 9.17) is 0 Å². The van der Waals surface area contributed by atoms with Crippen LogP contribution >= 0.6 is 0 Å². The number of piperidine rings is 1. The second-order valence-electron chi connectivity index (χ2n) is 4.50. The molecule has 0 aromatic carbocycles. The number of fused-ring (bicyclic) bond motifs is 1. The molecule has 1 saturated heterocycles. The fourth-order valence-corrected chi connectivity index (χ4v) is 2.32. The number of aromatic nitrogens is 2. The summed E-state index contributed by atoms with van der Waals surface area (Å²) < 4.78 is 1.64. The van der Waals surface area contributed by atoms with Gasteiger partial charge >= 0.3 is 0 Å². The van der Waals surface area contributed by atoms with Gasteiger partial charge in [0.2, 0.25) is 11.8 Å². The third-order valence-corrected chi connectivity index (χ3v) is 3.32. The number of nitrogens with one attached hydrogen (secondary N) is 1. The van der Waals surface area contributed by atoms with Crippen molar-refractivity contribution in [3.05, 3.63) is 35.8 Å². The van der Waals surface area contributed by atoms with Gasteiger partial charge in [0.25, 0.3) is 0 Å². The first-order valence-electron chi connectivity index (χ1n) is 5.95. The molecule has 1 fully saturated rings. The van der Waals surface area contributed by atoms with Crippen LogP contribution in [0.5, 0.6) is 0 Å². The predicted octanol–water partition coefficient (Wildman–Crippen LogP) is 0.667. The van der Waals surface area contributed by atoms with Crippen molar-refractivity contribution in [1.29, 1.82) is 0 Å². The summed E-state index contributed by atoms with van der Waals surface area (Å²) in [6, 6.07) is 3.56. The minimum Gasteiger partial charge on any atom is -0.297 e. The third-order valence-electron chi connectivity index (χ3n) is 3.32. The Balaban J connectivity index is 2.03. The van der Waals surface area contributed by atoms with Gasteiger partial charge in [0, 0.05) is 12.6 Å². The molecular formula is C13H11N3O3. The van der Waals surface area contributed by atoms with Crippen molar-refractivity contribution in [1.82, 2.24) is 14.7 Å². The number of carbonyl (C=O) groups excluding carboxylic acids is 3. The number of imide groups is 1. The van der Waals surface area contributed by atoms with Crippen LogP contribution in [-0.4, -0.2) is 27.5 Å². The highest BCUT2D eigenvalue weighted by atomic mass is 16.2. The number of imidazole rings is 1. The van der Waals surface area contributed by atoms with Crippen LogP contribution in [-0.2, 0) is 9.59 Å². The molecule has 2 aromatic heterocycles. The van der Waals surface area contributed by atoms with E-state index >= 15 is 0 Å². The molecule has 3 heterocycles. The number of carbonyl (C=O) groups is 3. The van der Waals surface area contributed by atoms with Crippen LogP contribution in [0.1, 0.15) is 34.8 Å². The summed E-state index contributed by atoms with van der Waals surface area (Å²) in [6.07, 6.45) is 4.75. The lowest BCUT2D eigenvalue weighted by Crippen LogP contribution is -2.39. The summed E-state index contributed by atoms with van der Waals surface area (Å²) >= 11 is 0. The first-order chi connectivity index (χ1) is 9.19. The van der Waals surface area contributed by atoms with Crippen LogP contribution in [0.3, 0.4) is 0 Å². The maximum Gasteiger partial charge on any atom is 0.234 e. The lowest BCUT2D eigenvalue weighted by Gasteiger charge is -2.21. The van der Waals surface area contributed by atoms with Gasteiger partial charge < -0.3 is 0 Å². The lowest BCUT2D eigenvalue weighted by molar-refractivity contribution is -0.134. The van der Waals surface area contributed by atoms with Gasteiger partial charge in [-0.05, 0) is 18.1 Å². The summed E-state index contributed by atoms with van der Waals surface area (Å²) in [5, 5.41) is 2.33. The molecule has 2 amide bonds. The molecule has 19 heavy (non-hydrogen) atoms. The molecule has 0 spiro atoms. The number of hydrogen-bond acceptors (Lipinski definition) is 4. The number of nitrogens with zero attached hydrogens (tertiary/aromatic N) is 2. The lowest BCUT2D eigenvalue weighted by atomic mass is 9.92. The van der Waals surface area contributed by atoms with E-state index in [0.717, 1.165) is 5.56 Å². The summed E-state index contributed by atoms with van der Waals surface area (Å²) in [7, 11) is 0. The zero-order valence-electron chi connectivity index (χ0n) is 10.00. The van der Waals surface area contributed by atoms with E-state index < -0.39 is 0 Å². The normalized spacial score (nSPS) is 19.5. The molecule has 0 aliphatic carbocycles. The maximum atomic E-state index is 11.8. The molecule has 0 radical (unpaired) electrons.